The van der Waals surface area contributed by atoms with Gasteiger partial charge in [0.25, 0.3) is 0 Å². The normalized spacial score (nSPS) is 34.7. The van der Waals surface area contributed by atoms with Gasteiger partial charge in [0, 0.05) is 16.1 Å². The van der Waals surface area contributed by atoms with Gasteiger partial charge in [0.05, 0.1) is 18.7 Å². The minimum absolute atomic E-state index is 0.0556. The Hall–Kier alpha value is -0.950. The Kier molecular flexibility index (Phi) is 4.88. The van der Waals surface area contributed by atoms with Gasteiger partial charge in [0.15, 0.2) is 5.13 Å². The van der Waals surface area contributed by atoms with Crippen molar-refractivity contribution in [3.63, 3.8) is 0 Å². The zero-order chi connectivity index (χ0) is 18.4. The standard InChI is InChI=1S/C19H25BrN2O3S/c1-2-25-16(24)4-14-10-26-17(21-14)22-15(23)9-18-5-12-3-13(6-18)8-19(20,7-12)11-18/h10,12-13H,2-9,11H2,1H3,(H,21,22,23)/t12-,13+,18?,19?. The summed E-state index contributed by atoms with van der Waals surface area (Å²) in [6.07, 6.45) is 8.13. The largest absolute Gasteiger partial charge is 0.466 e. The van der Waals surface area contributed by atoms with Gasteiger partial charge in [-0.3, -0.25) is 9.59 Å². The molecule has 4 atom stereocenters. The van der Waals surface area contributed by atoms with Crippen LogP contribution < -0.4 is 5.32 Å². The number of amides is 1. The molecule has 142 valence electrons. The molecule has 1 N–H and O–H groups in total. The number of carbonyl (C=O) groups excluding carboxylic acids is 2. The molecule has 2 unspecified atom stereocenters. The van der Waals surface area contributed by atoms with Gasteiger partial charge in [-0.1, -0.05) is 15.9 Å². The highest BCUT2D eigenvalue weighted by molar-refractivity contribution is 9.10. The Bertz CT molecular complexity index is 705. The number of anilines is 1. The maximum atomic E-state index is 12.7. The van der Waals surface area contributed by atoms with Gasteiger partial charge in [-0.05, 0) is 62.7 Å². The lowest BCUT2D eigenvalue weighted by Gasteiger charge is -2.60. The van der Waals surface area contributed by atoms with Crippen molar-refractivity contribution < 1.29 is 14.3 Å². The Morgan fingerprint density at radius 2 is 2.08 bits per heavy atom. The van der Waals surface area contributed by atoms with Crippen molar-refractivity contribution in [2.45, 2.75) is 62.6 Å². The van der Waals surface area contributed by atoms with E-state index in [2.05, 4.69) is 26.2 Å². The van der Waals surface area contributed by atoms with Gasteiger partial charge < -0.3 is 10.1 Å². The predicted molar refractivity (Wildman–Crippen MR) is 104 cm³/mol. The number of hydrogen-bond donors (Lipinski definition) is 1. The zero-order valence-electron chi connectivity index (χ0n) is 15.1. The molecule has 0 radical (unpaired) electrons. The molecule has 7 heteroatoms. The minimum Gasteiger partial charge on any atom is -0.466 e. The third-order valence-corrected chi connectivity index (χ3v) is 7.81. The molecule has 4 fully saturated rings. The molecule has 1 aromatic heterocycles. The van der Waals surface area contributed by atoms with Gasteiger partial charge in [-0.25, -0.2) is 4.98 Å². The molecule has 4 saturated carbocycles. The molecule has 5 rings (SSSR count). The highest BCUT2D eigenvalue weighted by Crippen LogP contribution is 2.65. The van der Waals surface area contributed by atoms with Crippen molar-refractivity contribution in [2.75, 3.05) is 11.9 Å². The van der Waals surface area contributed by atoms with Gasteiger partial charge in [-0.2, -0.15) is 0 Å². The third-order valence-electron chi connectivity index (χ3n) is 6.08. The predicted octanol–water partition coefficient (Wildman–Crippen LogP) is 4.31. The van der Waals surface area contributed by atoms with E-state index in [0.29, 0.717) is 23.9 Å². The van der Waals surface area contributed by atoms with Crippen LogP contribution in [0.4, 0.5) is 5.13 Å². The maximum absolute atomic E-state index is 12.7. The number of alkyl halides is 1. The van der Waals surface area contributed by atoms with Gasteiger partial charge in [-0.15, -0.1) is 11.3 Å². The lowest BCUT2D eigenvalue weighted by molar-refractivity contribution is -0.142. The minimum atomic E-state index is -0.285. The number of aromatic nitrogens is 1. The van der Waals surface area contributed by atoms with Crippen molar-refractivity contribution in [1.29, 1.82) is 0 Å². The fourth-order valence-electron chi connectivity index (χ4n) is 5.85. The SMILES string of the molecule is CCOC(=O)Cc1csc(NC(=O)CC23C[C@@H]4C[C@@H](CC(Br)(C4)C2)C3)n1. The molecule has 4 aliphatic rings. The summed E-state index contributed by atoms with van der Waals surface area (Å²) in [5, 5.41) is 5.34. The molecular weight excluding hydrogens is 416 g/mol. The van der Waals surface area contributed by atoms with E-state index < -0.39 is 0 Å². The first-order chi connectivity index (χ1) is 12.4. The Morgan fingerprint density at radius 1 is 1.35 bits per heavy atom. The van der Waals surface area contributed by atoms with Crippen molar-refractivity contribution in [3.8, 4) is 0 Å². The molecule has 1 aromatic rings. The monoisotopic (exact) mass is 440 g/mol. The molecule has 1 amide bonds. The van der Waals surface area contributed by atoms with Gasteiger partial charge >= 0.3 is 5.97 Å². The van der Waals surface area contributed by atoms with Crippen molar-refractivity contribution in [3.05, 3.63) is 11.1 Å². The van der Waals surface area contributed by atoms with E-state index in [1.165, 1.54) is 43.4 Å². The highest BCUT2D eigenvalue weighted by atomic mass is 79.9. The zero-order valence-corrected chi connectivity index (χ0v) is 17.5. The fraction of sp³-hybridized carbons (Fsp3) is 0.737. The second kappa shape index (κ2) is 6.89. The second-order valence-electron chi connectivity index (χ2n) is 8.46. The summed E-state index contributed by atoms with van der Waals surface area (Å²) in [4.78, 5) is 28.6. The lowest BCUT2D eigenvalue weighted by atomic mass is 9.48. The lowest BCUT2D eigenvalue weighted by Crippen LogP contribution is -2.53. The molecule has 4 bridgehead atoms. The number of esters is 1. The summed E-state index contributed by atoms with van der Waals surface area (Å²) in [5.41, 5.74) is 0.806. The first-order valence-corrected chi connectivity index (χ1v) is 11.1. The number of thiazole rings is 1. The van der Waals surface area contributed by atoms with E-state index in [9.17, 15) is 9.59 Å². The van der Waals surface area contributed by atoms with Crippen LogP contribution in [0.2, 0.25) is 0 Å². The summed E-state index contributed by atoms with van der Waals surface area (Å²) in [6.45, 7) is 2.15. The molecule has 26 heavy (non-hydrogen) atoms. The smallest absolute Gasteiger partial charge is 0.311 e. The number of nitrogens with one attached hydrogen (secondary N) is 1. The van der Waals surface area contributed by atoms with E-state index in [1.54, 1.807) is 6.92 Å². The molecule has 1 heterocycles. The van der Waals surface area contributed by atoms with Crippen LogP contribution in [0.3, 0.4) is 0 Å². The summed E-state index contributed by atoms with van der Waals surface area (Å²) in [7, 11) is 0. The molecular formula is C19H25BrN2O3S. The van der Waals surface area contributed by atoms with Gasteiger partial charge in [0.2, 0.25) is 5.91 Å². The van der Waals surface area contributed by atoms with Crippen LogP contribution >= 0.6 is 27.3 Å². The van der Waals surface area contributed by atoms with Crippen LogP contribution in [-0.4, -0.2) is 27.8 Å². The number of carbonyl (C=O) groups is 2. The molecule has 4 aliphatic carbocycles. The molecule has 0 saturated heterocycles. The molecule has 0 aromatic carbocycles. The van der Waals surface area contributed by atoms with Crippen molar-refractivity contribution in [1.82, 2.24) is 4.98 Å². The third kappa shape index (κ3) is 3.84. The van der Waals surface area contributed by atoms with Crippen LogP contribution in [-0.2, 0) is 20.7 Å². The average Bonchev–Trinajstić information content (AvgIpc) is 2.90. The van der Waals surface area contributed by atoms with Crippen LogP contribution in [0.1, 0.15) is 57.6 Å². The molecule has 0 aliphatic heterocycles. The van der Waals surface area contributed by atoms with Crippen LogP contribution in [0.25, 0.3) is 0 Å². The number of halogens is 1. The van der Waals surface area contributed by atoms with Crippen LogP contribution in [0, 0.1) is 17.3 Å². The van der Waals surface area contributed by atoms with E-state index >= 15 is 0 Å². The van der Waals surface area contributed by atoms with Crippen LogP contribution in [0.5, 0.6) is 0 Å². The number of nitrogens with zero attached hydrogens (tertiary/aromatic N) is 1. The average molecular weight is 441 g/mol. The van der Waals surface area contributed by atoms with Crippen LogP contribution in [0.15, 0.2) is 5.38 Å². The summed E-state index contributed by atoms with van der Waals surface area (Å²) in [6, 6.07) is 0. The topological polar surface area (TPSA) is 68.3 Å². The van der Waals surface area contributed by atoms with Crippen molar-refractivity contribution in [2.24, 2.45) is 17.3 Å². The van der Waals surface area contributed by atoms with E-state index in [4.69, 9.17) is 4.74 Å². The summed E-state index contributed by atoms with van der Waals surface area (Å²) >= 11 is 5.37. The fourth-order valence-corrected chi connectivity index (χ4v) is 8.09. The number of ether oxygens (including phenoxy) is 1. The van der Waals surface area contributed by atoms with Crippen molar-refractivity contribution >= 4 is 44.3 Å². The first kappa shape index (κ1) is 18.4. The van der Waals surface area contributed by atoms with E-state index in [1.807, 2.05) is 5.38 Å². The van der Waals surface area contributed by atoms with E-state index in [0.717, 1.165) is 18.3 Å². The summed E-state index contributed by atoms with van der Waals surface area (Å²) < 4.78 is 5.21. The maximum Gasteiger partial charge on any atom is 0.311 e. The van der Waals surface area contributed by atoms with E-state index in [-0.39, 0.29) is 28.0 Å². The summed E-state index contributed by atoms with van der Waals surface area (Å²) in [5.74, 6) is 1.32. The number of hydrogen-bond acceptors (Lipinski definition) is 5. The molecule has 0 spiro atoms. The molecule has 5 nitrogen and oxygen atoms in total. The first-order valence-electron chi connectivity index (χ1n) is 9.46. The second-order valence-corrected chi connectivity index (χ2v) is 11.0. The Morgan fingerprint density at radius 3 is 2.73 bits per heavy atom. The Balaban J connectivity index is 1.36. The Labute approximate surface area is 166 Å². The quantitative estimate of drug-likeness (QED) is 0.528. The van der Waals surface area contributed by atoms with Gasteiger partial charge in [0.1, 0.15) is 0 Å². The number of rotatable bonds is 6. The highest BCUT2D eigenvalue weighted by Gasteiger charge is 2.57.